The molecule has 0 unspecified atom stereocenters. The number of nitrogens with zero attached hydrogens (tertiary/aromatic N) is 3. The van der Waals surface area contributed by atoms with Gasteiger partial charge in [0, 0.05) is 24.7 Å². The fraction of sp³-hybridized carbons (Fsp3) is 0.125. The molecule has 3 aromatic rings. The molecule has 0 saturated carbocycles. The Bertz CT molecular complexity index is 1120. The number of nitro groups is 1. The van der Waals surface area contributed by atoms with Crippen molar-refractivity contribution in [3.05, 3.63) is 56.7 Å². The van der Waals surface area contributed by atoms with Crippen LogP contribution in [0.2, 0.25) is 0 Å². The maximum atomic E-state index is 12.4. The molecule has 1 aliphatic heterocycles. The normalized spacial score (nSPS) is 13.3. The summed E-state index contributed by atoms with van der Waals surface area (Å²) in [5.41, 5.74) is 0.850. The second-order valence-corrected chi connectivity index (χ2v) is 7.34. The molecule has 10 heteroatoms. The van der Waals surface area contributed by atoms with Crippen LogP contribution in [-0.4, -0.2) is 22.2 Å². The summed E-state index contributed by atoms with van der Waals surface area (Å²) in [6, 6.07) is 6.41. The maximum absolute atomic E-state index is 12.4. The molecule has 1 amide bonds. The zero-order chi connectivity index (χ0) is 18.3. The maximum Gasteiger partial charge on any atom is 0.324 e. The number of amides is 1. The van der Waals surface area contributed by atoms with Crippen LogP contribution in [0.25, 0.3) is 10.2 Å². The van der Waals surface area contributed by atoms with E-state index in [-0.39, 0.29) is 16.7 Å². The van der Waals surface area contributed by atoms with Crippen molar-refractivity contribution in [1.29, 1.82) is 0 Å². The standard InChI is InChI=1S/C16H11N3O5S2/c1-2-5-18-9-6-10-11(24-8-23-10)7-13(9)26-16(18)17-15(20)12-3-4-14(25-12)19(21)22/h2-4,6-7H,1,5,8H2. The second-order valence-electron chi connectivity index (χ2n) is 5.27. The molecule has 0 radical (unpaired) electrons. The lowest BCUT2D eigenvalue weighted by Crippen LogP contribution is -2.16. The quantitative estimate of drug-likeness (QED) is 0.387. The van der Waals surface area contributed by atoms with Gasteiger partial charge in [0.2, 0.25) is 6.79 Å². The highest BCUT2D eigenvalue weighted by molar-refractivity contribution is 7.17. The molecule has 0 aliphatic carbocycles. The Balaban J connectivity index is 1.82. The molecule has 132 valence electrons. The Kier molecular flexibility index (Phi) is 4.05. The van der Waals surface area contributed by atoms with Gasteiger partial charge in [0.25, 0.3) is 5.91 Å². The molecule has 0 saturated heterocycles. The van der Waals surface area contributed by atoms with Crippen molar-refractivity contribution in [3.8, 4) is 11.5 Å². The largest absolute Gasteiger partial charge is 0.454 e. The molecular weight excluding hydrogens is 378 g/mol. The summed E-state index contributed by atoms with van der Waals surface area (Å²) in [6.45, 7) is 4.38. The van der Waals surface area contributed by atoms with Crippen LogP contribution >= 0.6 is 22.7 Å². The summed E-state index contributed by atoms with van der Waals surface area (Å²) in [5, 5.41) is 10.7. The number of carbonyl (C=O) groups is 1. The number of hydrogen-bond donors (Lipinski definition) is 0. The van der Waals surface area contributed by atoms with Crippen LogP contribution in [0, 0.1) is 10.1 Å². The number of allylic oxidation sites excluding steroid dienone is 1. The number of fused-ring (bicyclic) bond motifs is 2. The number of rotatable bonds is 4. The monoisotopic (exact) mass is 389 g/mol. The minimum Gasteiger partial charge on any atom is -0.454 e. The Morgan fingerprint density at radius 1 is 1.35 bits per heavy atom. The SMILES string of the molecule is C=CCn1c(=NC(=O)c2ccc([N+](=O)[O-])s2)sc2cc3c(cc21)OCO3. The third-order valence-corrected chi connectivity index (χ3v) is 5.73. The van der Waals surface area contributed by atoms with Gasteiger partial charge in [-0.1, -0.05) is 28.7 Å². The van der Waals surface area contributed by atoms with Crippen molar-refractivity contribution in [1.82, 2.24) is 4.57 Å². The third-order valence-electron chi connectivity index (χ3n) is 3.67. The van der Waals surface area contributed by atoms with Gasteiger partial charge in [-0.2, -0.15) is 4.99 Å². The fourth-order valence-electron chi connectivity index (χ4n) is 2.53. The summed E-state index contributed by atoms with van der Waals surface area (Å²) in [6.07, 6.45) is 1.70. The minimum absolute atomic E-state index is 0.0930. The van der Waals surface area contributed by atoms with Gasteiger partial charge in [-0.3, -0.25) is 14.9 Å². The van der Waals surface area contributed by atoms with E-state index in [9.17, 15) is 14.9 Å². The Morgan fingerprint density at radius 3 is 2.81 bits per heavy atom. The number of ether oxygens (including phenoxy) is 2. The fourth-order valence-corrected chi connectivity index (χ4v) is 4.29. The molecule has 1 aromatic carbocycles. The molecular formula is C16H11N3O5S2. The van der Waals surface area contributed by atoms with Crippen LogP contribution in [0.3, 0.4) is 0 Å². The number of hydrogen-bond acceptors (Lipinski definition) is 7. The molecule has 0 bridgehead atoms. The Labute approximate surface area is 154 Å². The number of thiophene rings is 1. The van der Waals surface area contributed by atoms with E-state index in [0.29, 0.717) is 22.8 Å². The van der Waals surface area contributed by atoms with Crippen LogP contribution in [-0.2, 0) is 6.54 Å². The van der Waals surface area contributed by atoms with Gasteiger partial charge in [0.15, 0.2) is 16.3 Å². The van der Waals surface area contributed by atoms with Crippen LogP contribution in [0.4, 0.5) is 5.00 Å². The summed E-state index contributed by atoms with van der Waals surface area (Å²) in [7, 11) is 0. The van der Waals surface area contributed by atoms with Gasteiger partial charge in [-0.25, -0.2) is 0 Å². The van der Waals surface area contributed by atoms with Gasteiger partial charge < -0.3 is 14.0 Å². The first-order chi connectivity index (χ1) is 12.6. The van der Waals surface area contributed by atoms with Crippen molar-refractivity contribution in [2.75, 3.05) is 6.79 Å². The van der Waals surface area contributed by atoms with E-state index in [2.05, 4.69) is 11.6 Å². The van der Waals surface area contributed by atoms with E-state index in [4.69, 9.17) is 9.47 Å². The van der Waals surface area contributed by atoms with Crippen LogP contribution in [0.5, 0.6) is 11.5 Å². The van der Waals surface area contributed by atoms with E-state index < -0.39 is 10.8 Å². The molecule has 1 aliphatic rings. The van der Waals surface area contributed by atoms with Crippen LogP contribution < -0.4 is 14.3 Å². The molecule has 0 N–H and O–H groups in total. The van der Waals surface area contributed by atoms with Crippen molar-refractivity contribution >= 4 is 43.8 Å². The van der Waals surface area contributed by atoms with Crippen molar-refractivity contribution in [3.63, 3.8) is 0 Å². The summed E-state index contributed by atoms with van der Waals surface area (Å²) >= 11 is 2.13. The number of thiazole rings is 1. The van der Waals surface area contributed by atoms with Crippen molar-refractivity contribution < 1.29 is 19.2 Å². The zero-order valence-corrected chi connectivity index (χ0v) is 14.8. The Hall–Kier alpha value is -2.98. The van der Waals surface area contributed by atoms with E-state index in [0.717, 1.165) is 21.6 Å². The van der Waals surface area contributed by atoms with Gasteiger partial charge in [-0.05, 0) is 6.07 Å². The first-order valence-corrected chi connectivity index (χ1v) is 9.07. The van der Waals surface area contributed by atoms with E-state index in [1.807, 2.05) is 16.7 Å². The lowest BCUT2D eigenvalue weighted by Gasteiger charge is -2.02. The summed E-state index contributed by atoms with van der Waals surface area (Å²) in [5.74, 6) is 0.767. The average molecular weight is 389 g/mol. The molecule has 2 aromatic heterocycles. The smallest absolute Gasteiger partial charge is 0.324 e. The van der Waals surface area contributed by atoms with E-state index in [1.165, 1.54) is 23.5 Å². The zero-order valence-electron chi connectivity index (χ0n) is 13.2. The lowest BCUT2D eigenvalue weighted by atomic mass is 10.3. The predicted octanol–water partition coefficient (Wildman–Crippen LogP) is 3.33. The Morgan fingerprint density at radius 2 is 2.12 bits per heavy atom. The molecule has 4 rings (SSSR count). The molecule has 0 fully saturated rings. The van der Waals surface area contributed by atoms with Gasteiger partial charge in [0.05, 0.1) is 15.1 Å². The number of carbonyl (C=O) groups excluding carboxylic acids is 1. The highest BCUT2D eigenvalue weighted by Gasteiger charge is 2.19. The predicted molar refractivity (Wildman–Crippen MR) is 97.0 cm³/mol. The molecule has 26 heavy (non-hydrogen) atoms. The molecule has 0 spiro atoms. The van der Waals surface area contributed by atoms with Crippen LogP contribution in [0.1, 0.15) is 9.67 Å². The number of aromatic nitrogens is 1. The molecule has 8 nitrogen and oxygen atoms in total. The van der Waals surface area contributed by atoms with Crippen molar-refractivity contribution in [2.45, 2.75) is 6.54 Å². The van der Waals surface area contributed by atoms with Crippen LogP contribution in [0.15, 0.2) is 41.9 Å². The van der Waals surface area contributed by atoms with Gasteiger partial charge in [-0.15, -0.1) is 6.58 Å². The van der Waals surface area contributed by atoms with Gasteiger partial charge in [0.1, 0.15) is 4.88 Å². The highest BCUT2D eigenvalue weighted by atomic mass is 32.1. The summed E-state index contributed by atoms with van der Waals surface area (Å²) < 4.78 is 13.5. The second kappa shape index (κ2) is 6.39. The molecule has 0 atom stereocenters. The first-order valence-electron chi connectivity index (χ1n) is 7.44. The number of benzene rings is 1. The minimum atomic E-state index is -0.527. The summed E-state index contributed by atoms with van der Waals surface area (Å²) in [4.78, 5) is 27.5. The first kappa shape index (κ1) is 16.5. The van der Waals surface area contributed by atoms with Crippen molar-refractivity contribution in [2.24, 2.45) is 4.99 Å². The van der Waals surface area contributed by atoms with E-state index in [1.54, 1.807) is 6.08 Å². The lowest BCUT2D eigenvalue weighted by molar-refractivity contribution is -0.380. The van der Waals surface area contributed by atoms with E-state index >= 15 is 0 Å². The topological polar surface area (TPSA) is 96.0 Å². The molecule has 3 heterocycles. The highest BCUT2D eigenvalue weighted by Crippen LogP contribution is 2.37. The van der Waals surface area contributed by atoms with Gasteiger partial charge >= 0.3 is 5.00 Å². The average Bonchev–Trinajstić information content (AvgIpc) is 3.32. The third kappa shape index (κ3) is 2.78.